The second-order valence-corrected chi connectivity index (χ2v) is 8.07. The number of halogens is 1. The molecule has 30 heavy (non-hydrogen) atoms. The van der Waals surface area contributed by atoms with Crippen LogP contribution in [-0.2, 0) is 6.54 Å². The van der Waals surface area contributed by atoms with Crippen LogP contribution in [0.4, 0.5) is 10.3 Å². The molecule has 152 valence electrons. The Kier molecular flexibility index (Phi) is 4.97. The second-order valence-electron chi connectivity index (χ2n) is 8.07. The van der Waals surface area contributed by atoms with Crippen LogP contribution in [0.15, 0.2) is 59.0 Å². The van der Waals surface area contributed by atoms with Crippen molar-refractivity contribution >= 4 is 5.88 Å². The standard InChI is InChI=1S/C24H23FN4O/c25-19-8-4-7-18(13-19)20-14-21(20)23-27-22(15-26)24(30-23)29-11-9-28(10-12-29)16-17-5-2-1-3-6-17/h1-8,13,20-21H,9-12,14,16H2. The maximum absolute atomic E-state index is 13.5. The Morgan fingerprint density at radius 1 is 1.03 bits per heavy atom. The summed E-state index contributed by atoms with van der Waals surface area (Å²) in [5.74, 6) is 1.28. The highest BCUT2D eigenvalue weighted by molar-refractivity contribution is 5.49. The molecule has 1 aliphatic heterocycles. The summed E-state index contributed by atoms with van der Waals surface area (Å²) in [6.07, 6.45) is 0.874. The van der Waals surface area contributed by atoms with Crippen LogP contribution in [0.2, 0.25) is 0 Å². The molecule has 1 aliphatic carbocycles. The van der Waals surface area contributed by atoms with Crippen LogP contribution in [0.3, 0.4) is 0 Å². The number of benzene rings is 2. The van der Waals surface area contributed by atoms with Crippen LogP contribution in [0.25, 0.3) is 0 Å². The van der Waals surface area contributed by atoms with E-state index in [9.17, 15) is 9.65 Å². The van der Waals surface area contributed by atoms with E-state index in [-0.39, 0.29) is 17.7 Å². The number of aromatic nitrogens is 1. The first-order valence-electron chi connectivity index (χ1n) is 10.4. The van der Waals surface area contributed by atoms with Gasteiger partial charge in [-0.25, -0.2) is 9.37 Å². The molecule has 2 heterocycles. The van der Waals surface area contributed by atoms with Crippen molar-refractivity contribution in [3.05, 3.63) is 83.1 Å². The molecule has 1 aromatic heterocycles. The molecule has 3 aromatic rings. The third kappa shape index (κ3) is 3.81. The van der Waals surface area contributed by atoms with E-state index in [2.05, 4.69) is 45.1 Å². The van der Waals surface area contributed by atoms with Gasteiger partial charge in [0.15, 0.2) is 0 Å². The summed E-state index contributed by atoms with van der Waals surface area (Å²) < 4.78 is 19.6. The molecule has 1 saturated heterocycles. The lowest BCUT2D eigenvalue weighted by Gasteiger charge is -2.34. The van der Waals surface area contributed by atoms with Crippen LogP contribution >= 0.6 is 0 Å². The third-order valence-corrected chi connectivity index (χ3v) is 6.02. The lowest BCUT2D eigenvalue weighted by atomic mass is 10.1. The van der Waals surface area contributed by atoms with E-state index >= 15 is 0 Å². The molecular weight excluding hydrogens is 379 g/mol. The highest BCUT2D eigenvalue weighted by Crippen LogP contribution is 2.55. The molecule has 6 heteroatoms. The average molecular weight is 402 g/mol. The van der Waals surface area contributed by atoms with E-state index < -0.39 is 0 Å². The van der Waals surface area contributed by atoms with Crippen LogP contribution < -0.4 is 4.90 Å². The Hall–Kier alpha value is -3.17. The second kappa shape index (κ2) is 7.92. The number of hydrogen-bond acceptors (Lipinski definition) is 5. The summed E-state index contributed by atoms with van der Waals surface area (Å²) in [7, 11) is 0. The van der Waals surface area contributed by atoms with Gasteiger partial charge in [0.05, 0.1) is 0 Å². The van der Waals surface area contributed by atoms with Gasteiger partial charge in [0.25, 0.3) is 0 Å². The van der Waals surface area contributed by atoms with Crippen molar-refractivity contribution in [2.24, 2.45) is 0 Å². The van der Waals surface area contributed by atoms with Gasteiger partial charge in [-0.15, -0.1) is 0 Å². The van der Waals surface area contributed by atoms with Gasteiger partial charge in [-0.2, -0.15) is 5.26 Å². The zero-order valence-corrected chi connectivity index (χ0v) is 16.7. The minimum absolute atomic E-state index is 0.118. The number of nitrogens with zero attached hydrogens (tertiary/aromatic N) is 4. The fourth-order valence-electron chi connectivity index (χ4n) is 4.30. The van der Waals surface area contributed by atoms with Gasteiger partial charge in [-0.3, -0.25) is 4.90 Å². The predicted octanol–water partition coefficient (Wildman–Crippen LogP) is 4.28. The Labute approximate surface area is 175 Å². The first kappa shape index (κ1) is 18.8. The van der Waals surface area contributed by atoms with Crippen molar-refractivity contribution in [1.29, 1.82) is 5.26 Å². The lowest BCUT2D eigenvalue weighted by Crippen LogP contribution is -2.46. The number of hydrogen-bond donors (Lipinski definition) is 0. The molecule has 2 unspecified atom stereocenters. The number of rotatable bonds is 5. The summed E-state index contributed by atoms with van der Waals surface area (Å²) in [5, 5.41) is 9.57. The Balaban J connectivity index is 1.25. The van der Waals surface area contributed by atoms with E-state index in [1.54, 1.807) is 12.1 Å². The van der Waals surface area contributed by atoms with Gasteiger partial charge in [0.2, 0.25) is 17.5 Å². The van der Waals surface area contributed by atoms with Crippen LogP contribution in [0.5, 0.6) is 0 Å². The SMILES string of the molecule is N#Cc1nc(C2CC2c2cccc(F)c2)oc1N1CCN(Cc2ccccc2)CC1. The van der Waals surface area contributed by atoms with Crippen molar-refractivity contribution in [3.63, 3.8) is 0 Å². The van der Waals surface area contributed by atoms with Gasteiger partial charge in [-0.1, -0.05) is 42.5 Å². The molecule has 2 aliphatic rings. The number of piperazine rings is 1. The Morgan fingerprint density at radius 3 is 2.57 bits per heavy atom. The number of oxazole rings is 1. The quantitative estimate of drug-likeness (QED) is 0.638. The van der Waals surface area contributed by atoms with E-state index in [0.29, 0.717) is 17.5 Å². The van der Waals surface area contributed by atoms with Crippen molar-refractivity contribution in [2.75, 3.05) is 31.1 Å². The highest BCUT2D eigenvalue weighted by Gasteiger charge is 2.44. The summed E-state index contributed by atoms with van der Waals surface area (Å²) in [4.78, 5) is 9.01. The largest absolute Gasteiger partial charge is 0.423 e. The topological polar surface area (TPSA) is 56.3 Å². The zero-order chi connectivity index (χ0) is 20.5. The van der Waals surface area contributed by atoms with Crippen LogP contribution in [0.1, 0.15) is 41.0 Å². The van der Waals surface area contributed by atoms with Gasteiger partial charge >= 0.3 is 0 Å². The third-order valence-electron chi connectivity index (χ3n) is 6.02. The number of nitriles is 1. The van der Waals surface area contributed by atoms with Crippen molar-refractivity contribution < 1.29 is 8.81 Å². The van der Waals surface area contributed by atoms with Gasteiger partial charge < -0.3 is 9.32 Å². The molecule has 2 atom stereocenters. The average Bonchev–Trinajstić information content (AvgIpc) is 3.47. The maximum Gasteiger partial charge on any atom is 0.234 e. The molecule has 5 nitrogen and oxygen atoms in total. The van der Waals surface area contributed by atoms with Crippen molar-refractivity contribution in [3.8, 4) is 6.07 Å². The van der Waals surface area contributed by atoms with Crippen LogP contribution in [0, 0.1) is 17.1 Å². The van der Waals surface area contributed by atoms with Gasteiger partial charge in [0, 0.05) is 38.6 Å². The van der Waals surface area contributed by atoms with Crippen molar-refractivity contribution in [2.45, 2.75) is 24.8 Å². The van der Waals surface area contributed by atoms with E-state index in [0.717, 1.165) is 44.7 Å². The zero-order valence-electron chi connectivity index (χ0n) is 16.7. The summed E-state index contributed by atoms with van der Waals surface area (Å²) in [6.45, 7) is 4.34. The smallest absolute Gasteiger partial charge is 0.234 e. The Morgan fingerprint density at radius 2 is 1.83 bits per heavy atom. The summed E-state index contributed by atoms with van der Waals surface area (Å²) in [6, 6.07) is 19.3. The normalized spacial score (nSPS) is 21.4. The van der Waals surface area contributed by atoms with Crippen molar-refractivity contribution in [1.82, 2.24) is 9.88 Å². The van der Waals surface area contributed by atoms with Gasteiger partial charge in [-0.05, 0) is 35.6 Å². The molecule has 0 radical (unpaired) electrons. The monoisotopic (exact) mass is 402 g/mol. The molecule has 5 rings (SSSR count). The van der Waals surface area contributed by atoms with Gasteiger partial charge in [0.1, 0.15) is 11.9 Å². The molecular formula is C24H23FN4O. The van der Waals surface area contributed by atoms with E-state index in [1.165, 1.54) is 11.6 Å². The first-order chi connectivity index (χ1) is 14.7. The maximum atomic E-state index is 13.5. The molecule has 1 saturated carbocycles. The van der Waals surface area contributed by atoms with Crippen LogP contribution in [-0.4, -0.2) is 36.1 Å². The molecule has 0 amide bonds. The molecule has 0 spiro atoms. The fourth-order valence-corrected chi connectivity index (χ4v) is 4.30. The molecule has 2 aromatic carbocycles. The van der Waals surface area contributed by atoms with E-state index in [4.69, 9.17) is 4.42 Å². The minimum atomic E-state index is -0.225. The first-order valence-corrected chi connectivity index (χ1v) is 10.4. The Bertz CT molecular complexity index is 1070. The predicted molar refractivity (Wildman–Crippen MR) is 112 cm³/mol. The number of anilines is 1. The fraction of sp³-hybridized carbons (Fsp3) is 0.333. The molecule has 0 N–H and O–H groups in total. The highest BCUT2D eigenvalue weighted by atomic mass is 19.1. The van der Waals surface area contributed by atoms with E-state index in [1.807, 2.05) is 12.1 Å². The minimum Gasteiger partial charge on any atom is -0.423 e. The molecule has 0 bridgehead atoms. The summed E-state index contributed by atoms with van der Waals surface area (Å²) in [5.41, 5.74) is 2.63. The molecule has 2 fully saturated rings. The summed E-state index contributed by atoms with van der Waals surface area (Å²) >= 11 is 0. The lowest BCUT2D eigenvalue weighted by molar-refractivity contribution is 0.245.